The van der Waals surface area contributed by atoms with Crippen molar-refractivity contribution in [3.8, 4) is 5.75 Å². The monoisotopic (exact) mass is 341 g/mol. The SMILES string of the molecule is COCc1ccccc1NC(N)=NCCCCc1ccc(OC)cc1. The van der Waals surface area contributed by atoms with Gasteiger partial charge in [0.1, 0.15) is 5.75 Å². The van der Waals surface area contributed by atoms with Crippen molar-refractivity contribution in [3.63, 3.8) is 0 Å². The Balaban J connectivity index is 1.74. The lowest BCUT2D eigenvalue weighted by atomic mass is 10.1. The van der Waals surface area contributed by atoms with E-state index in [1.807, 2.05) is 36.4 Å². The summed E-state index contributed by atoms with van der Waals surface area (Å²) < 4.78 is 10.4. The number of aliphatic imine (C=N–C) groups is 1. The van der Waals surface area contributed by atoms with Gasteiger partial charge in [-0.3, -0.25) is 4.99 Å². The Hall–Kier alpha value is -2.53. The van der Waals surface area contributed by atoms with Crippen molar-refractivity contribution in [2.45, 2.75) is 25.9 Å². The van der Waals surface area contributed by atoms with Crippen LogP contribution in [0.25, 0.3) is 0 Å². The molecule has 0 bridgehead atoms. The van der Waals surface area contributed by atoms with Gasteiger partial charge in [-0.05, 0) is 43.0 Å². The Bertz CT molecular complexity index is 669. The minimum Gasteiger partial charge on any atom is -0.497 e. The van der Waals surface area contributed by atoms with E-state index >= 15 is 0 Å². The number of methoxy groups -OCH3 is 2. The molecule has 25 heavy (non-hydrogen) atoms. The summed E-state index contributed by atoms with van der Waals surface area (Å²) in [5, 5.41) is 3.15. The van der Waals surface area contributed by atoms with Gasteiger partial charge in [0.15, 0.2) is 5.96 Å². The number of hydrogen-bond donors (Lipinski definition) is 2. The number of benzene rings is 2. The zero-order chi connectivity index (χ0) is 17.9. The first-order chi connectivity index (χ1) is 12.2. The number of para-hydroxylation sites is 1. The average molecular weight is 341 g/mol. The lowest BCUT2D eigenvalue weighted by Gasteiger charge is -2.10. The van der Waals surface area contributed by atoms with Crippen molar-refractivity contribution in [1.82, 2.24) is 0 Å². The van der Waals surface area contributed by atoms with Crippen molar-refractivity contribution in [2.24, 2.45) is 10.7 Å². The second-order valence-electron chi connectivity index (χ2n) is 5.79. The maximum absolute atomic E-state index is 5.98. The normalized spacial score (nSPS) is 11.4. The predicted octanol–water partition coefficient (Wildman–Crippen LogP) is 3.59. The van der Waals surface area contributed by atoms with Crippen molar-refractivity contribution < 1.29 is 9.47 Å². The Kier molecular flexibility index (Phi) is 7.79. The Morgan fingerprint density at radius 3 is 2.52 bits per heavy atom. The van der Waals surface area contributed by atoms with E-state index in [2.05, 4.69) is 22.4 Å². The number of guanidine groups is 1. The van der Waals surface area contributed by atoms with Crippen LogP contribution >= 0.6 is 0 Å². The molecule has 2 aromatic carbocycles. The third kappa shape index (κ3) is 6.47. The van der Waals surface area contributed by atoms with Gasteiger partial charge >= 0.3 is 0 Å². The van der Waals surface area contributed by atoms with Crippen LogP contribution in [0.4, 0.5) is 5.69 Å². The summed E-state index contributed by atoms with van der Waals surface area (Å²) in [6, 6.07) is 16.1. The van der Waals surface area contributed by atoms with Gasteiger partial charge in [-0.15, -0.1) is 0 Å². The minimum absolute atomic E-state index is 0.438. The number of unbranched alkanes of at least 4 members (excludes halogenated alkanes) is 1. The quantitative estimate of drug-likeness (QED) is 0.415. The highest BCUT2D eigenvalue weighted by Crippen LogP contribution is 2.15. The molecule has 0 aromatic heterocycles. The summed E-state index contributed by atoms with van der Waals surface area (Å²) in [7, 11) is 3.36. The van der Waals surface area contributed by atoms with Crippen LogP contribution in [0.15, 0.2) is 53.5 Å². The Morgan fingerprint density at radius 2 is 1.80 bits per heavy atom. The topological polar surface area (TPSA) is 68.9 Å². The van der Waals surface area contributed by atoms with Crippen LogP contribution in [0.5, 0.6) is 5.75 Å². The summed E-state index contributed by atoms with van der Waals surface area (Å²) in [6.45, 7) is 1.25. The maximum atomic E-state index is 5.98. The number of ether oxygens (including phenoxy) is 2. The highest BCUT2D eigenvalue weighted by molar-refractivity contribution is 5.92. The van der Waals surface area contributed by atoms with E-state index < -0.39 is 0 Å². The summed E-state index contributed by atoms with van der Waals surface area (Å²) >= 11 is 0. The molecular weight excluding hydrogens is 314 g/mol. The van der Waals surface area contributed by atoms with E-state index in [1.165, 1.54) is 5.56 Å². The molecule has 0 saturated heterocycles. The molecule has 0 atom stereocenters. The summed E-state index contributed by atoms with van der Waals surface area (Å²) in [4.78, 5) is 4.40. The molecule has 0 radical (unpaired) electrons. The number of rotatable bonds is 9. The van der Waals surface area contributed by atoms with Crippen molar-refractivity contribution in [3.05, 3.63) is 59.7 Å². The maximum Gasteiger partial charge on any atom is 0.193 e. The summed E-state index contributed by atoms with van der Waals surface area (Å²) in [5.74, 6) is 1.33. The van der Waals surface area contributed by atoms with E-state index in [4.69, 9.17) is 15.2 Å². The van der Waals surface area contributed by atoms with Gasteiger partial charge in [0.2, 0.25) is 0 Å². The van der Waals surface area contributed by atoms with E-state index in [1.54, 1.807) is 14.2 Å². The molecule has 3 N–H and O–H groups in total. The molecule has 0 aliphatic rings. The van der Waals surface area contributed by atoms with Crippen molar-refractivity contribution in [1.29, 1.82) is 0 Å². The molecule has 0 fully saturated rings. The molecule has 2 aromatic rings. The predicted molar refractivity (Wildman–Crippen MR) is 103 cm³/mol. The molecule has 2 rings (SSSR count). The lowest BCUT2D eigenvalue weighted by Crippen LogP contribution is -2.23. The van der Waals surface area contributed by atoms with Crippen LogP contribution in [-0.2, 0) is 17.8 Å². The van der Waals surface area contributed by atoms with Crippen LogP contribution in [0.3, 0.4) is 0 Å². The molecule has 0 amide bonds. The highest BCUT2D eigenvalue weighted by Gasteiger charge is 2.02. The Labute approximate surface area is 149 Å². The van der Waals surface area contributed by atoms with E-state index in [9.17, 15) is 0 Å². The number of hydrogen-bond acceptors (Lipinski definition) is 3. The van der Waals surface area contributed by atoms with Crippen molar-refractivity contribution in [2.75, 3.05) is 26.1 Å². The average Bonchev–Trinajstić information content (AvgIpc) is 2.64. The standard InChI is InChI=1S/C20H27N3O2/c1-24-15-17-8-3-4-9-19(17)23-20(21)22-14-6-5-7-16-10-12-18(25-2)13-11-16/h3-4,8-13H,5-7,14-15H2,1-2H3,(H3,21,22,23). The van der Waals surface area contributed by atoms with Crippen LogP contribution in [-0.4, -0.2) is 26.7 Å². The zero-order valence-corrected chi connectivity index (χ0v) is 15.0. The van der Waals surface area contributed by atoms with Gasteiger partial charge < -0.3 is 20.5 Å². The molecule has 134 valence electrons. The van der Waals surface area contributed by atoms with Gasteiger partial charge in [0.25, 0.3) is 0 Å². The van der Waals surface area contributed by atoms with E-state index in [0.29, 0.717) is 19.1 Å². The molecule has 5 heteroatoms. The van der Waals surface area contributed by atoms with Crippen LogP contribution in [0, 0.1) is 0 Å². The molecule has 0 saturated carbocycles. The third-order valence-corrected chi connectivity index (χ3v) is 3.89. The van der Waals surface area contributed by atoms with Crippen molar-refractivity contribution >= 4 is 11.6 Å². The first-order valence-electron chi connectivity index (χ1n) is 8.49. The van der Waals surface area contributed by atoms with Gasteiger partial charge in [0, 0.05) is 24.9 Å². The van der Waals surface area contributed by atoms with Gasteiger partial charge in [-0.2, -0.15) is 0 Å². The van der Waals surface area contributed by atoms with E-state index in [-0.39, 0.29) is 0 Å². The molecule has 0 heterocycles. The fourth-order valence-corrected chi connectivity index (χ4v) is 2.53. The second kappa shape index (κ2) is 10.4. The smallest absolute Gasteiger partial charge is 0.193 e. The fraction of sp³-hybridized carbons (Fsp3) is 0.350. The number of nitrogens with one attached hydrogen (secondary N) is 1. The Morgan fingerprint density at radius 1 is 1.04 bits per heavy atom. The third-order valence-electron chi connectivity index (χ3n) is 3.89. The summed E-state index contributed by atoms with van der Waals surface area (Å²) in [5.41, 5.74) is 9.28. The molecular formula is C20H27N3O2. The zero-order valence-electron chi connectivity index (χ0n) is 15.0. The molecule has 5 nitrogen and oxygen atoms in total. The minimum atomic E-state index is 0.438. The molecule has 0 aliphatic carbocycles. The molecule has 0 aliphatic heterocycles. The van der Waals surface area contributed by atoms with E-state index in [0.717, 1.165) is 36.3 Å². The highest BCUT2D eigenvalue weighted by atomic mass is 16.5. The lowest BCUT2D eigenvalue weighted by molar-refractivity contribution is 0.185. The molecule has 0 unspecified atom stereocenters. The molecule has 0 spiro atoms. The number of anilines is 1. The van der Waals surface area contributed by atoms with Crippen LogP contribution in [0.2, 0.25) is 0 Å². The number of nitrogens with two attached hydrogens (primary N) is 1. The van der Waals surface area contributed by atoms with Gasteiger partial charge in [0.05, 0.1) is 13.7 Å². The van der Waals surface area contributed by atoms with Crippen LogP contribution < -0.4 is 15.8 Å². The summed E-state index contributed by atoms with van der Waals surface area (Å²) in [6.07, 6.45) is 3.10. The first kappa shape index (κ1) is 18.8. The van der Waals surface area contributed by atoms with Gasteiger partial charge in [-0.1, -0.05) is 30.3 Å². The van der Waals surface area contributed by atoms with Gasteiger partial charge in [-0.25, -0.2) is 0 Å². The second-order valence-corrected chi connectivity index (χ2v) is 5.79. The first-order valence-corrected chi connectivity index (χ1v) is 8.49. The number of nitrogens with zero attached hydrogens (tertiary/aromatic N) is 1. The number of aryl methyl sites for hydroxylation is 1. The largest absolute Gasteiger partial charge is 0.497 e. The van der Waals surface area contributed by atoms with Crippen LogP contribution in [0.1, 0.15) is 24.0 Å². The fourth-order valence-electron chi connectivity index (χ4n) is 2.53.